The Balaban J connectivity index is 2.53. The summed E-state index contributed by atoms with van der Waals surface area (Å²) in [4.78, 5) is 3.65. The Kier molecular flexibility index (Phi) is 3.19. The van der Waals surface area contributed by atoms with Crippen molar-refractivity contribution in [2.75, 3.05) is 0 Å². The first-order chi connectivity index (χ1) is 7.75. The number of fused-ring (bicyclic) bond motifs is 1. The predicted molar refractivity (Wildman–Crippen MR) is 75.1 cm³/mol. The van der Waals surface area contributed by atoms with Crippen LogP contribution in [0.3, 0.4) is 0 Å². The maximum atomic E-state index is 3.65. The Labute approximate surface area is 98.9 Å². The molecular formula is C14H21NSi. The first-order valence-corrected chi connectivity index (χ1v) is 8.96. The molecule has 0 saturated carbocycles. The summed E-state index contributed by atoms with van der Waals surface area (Å²) in [5, 5.41) is 2.91. The average Bonchev–Trinajstić information content (AvgIpc) is 2.76. The molecule has 0 aliphatic rings. The molecule has 0 aliphatic heterocycles. The normalized spacial score (nSPS) is 12.2. The van der Waals surface area contributed by atoms with Crippen molar-refractivity contribution in [3.8, 4) is 0 Å². The van der Waals surface area contributed by atoms with E-state index in [2.05, 4.69) is 56.1 Å². The number of benzene rings is 1. The van der Waals surface area contributed by atoms with Gasteiger partial charge in [0.05, 0.1) is 0 Å². The third-order valence-electron chi connectivity index (χ3n) is 4.13. The Hall–Kier alpha value is -1.02. The van der Waals surface area contributed by atoms with Gasteiger partial charge >= 0.3 is 0 Å². The van der Waals surface area contributed by atoms with E-state index in [1.165, 1.54) is 29.0 Å². The van der Waals surface area contributed by atoms with Crippen LogP contribution < -0.4 is 5.32 Å². The molecule has 0 aliphatic carbocycles. The molecule has 1 aromatic heterocycles. The topological polar surface area (TPSA) is 15.8 Å². The maximum Gasteiger partial charge on any atom is 0.106 e. The maximum absolute atomic E-state index is 3.65. The van der Waals surface area contributed by atoms with E-state index in [-0.39, 0.29) is 0 Å². The lowest BCUT2D eigenvalue weighted by molar-refractivity contribution is 1.18. The summed E-state index contributed by atoms with van der Waals surface area (Å²) in [5.41, 5.74) is 1.30. The van der Waals surface area contributed by atoms with Crippen LogP contribution in [0.15, 0.2) is 30.3 Å². The number of aromatic amines is 1. The van der Waals surface area contributed by atoms with Gasteiger partial charge in [0, 0.05) is 5.52 Å². The average molecular weight is 231 g/mol. The summed E-state index contributed by atoms with van der Waals surface area (Å²) >= 11 is 0. The Morgan fingerprint density at radius 3 is 2.19 bits per heavy atom. The van der Waals surface area contributed by atoms with Crippen LogP contribution in [0, 0.1) is 0 Å². The van der Waals surface area contributed by atoms with Gasteiger partial charge in [0.25, 0.3) is 0 Å². The lowest BCUT2D eigenvalue weighted by atomic mass is 10.3. The molecule has 2 heteroatoms. The smallest absolute Gasteiger partial charge is 0.106 e. The highest BCUT2D eigenvalue weighted by Gasteiger charge is 2.30. The fraction of sp³-hybridized carbons (Fsp3) is 0.429. The van der Waals surface area contributed by atoms with E-state index in [1.54, 1.807) is 5.32 Å². The van der Waals surface area contributed by atoms with Crippen molar-refractivity contribution in [1.29, 1.82) is 0 Å². The van der Waals surface area contributed by atoms with Gasteiger partial charge in [-0.2, -0.15) is 0 Å². The van der Waals surface area contributed by atoms with Crippen molar-refractivity contribution in [2.24, 2.45) is 0 Å². The molecule has 16 heavy (non-hydrogen) atoms. The largest absolute Gasteiger partial charge is 0.362 e. The molecule has 1 N–H and O–H groups in total. The van der Waals surface area contributed by atoms with E-state index in [0.29, 0.717) is 0 Å². The number of nitrogens with one attached hydrogen (secondary N) is 1. The van der Waals surface area contributed by atoms with E-state index in [4.69, 9.17) is 0 Å². The Morgan fingerprint density at radius 1 is 1.00 bits per heavy atom. The zero-order valence-corrected chi connectivity index (χ0v) is 11.5. The van der Waals surface area contributed by atoms with Crippen molar-refractivity contribution in [1.82, 2.24) is 4.98 Å². The highest BCUT2D eigenvalue weighted by molar-refractivity contribution is 6.91. The van der Waals surface area contributed by atoms with Crippen molar-refractivity contribution in [3.63, 3.8) is 0 Å². The Morgan fingerprint density at radius 2 is 1.62 bits per heavy atom. The minimum Gasteiger partial charge on any atom is -0.362 e. The van der Waals surface area contributed by atoms with Crippen molar-refractivity contribution < 1.29 is 0 Å². The molecule has 0 radical (unpaired) electrons. The molecule has 0 bridgehead atoms. The molecule has 2 rings (SSSR count). The third-order valence-corrected chi connectivity index (χ3v) is 9.60. The van der Waals surface area contributed by atoms with Crippen molar-refractivity contribution >= 4 is 24.3 Å². The second-order valence-corrected chi connectivity index (χ2v) is 9.83. The molecule has 0 amide bonds. The quantitative estimate of drug-likeness (QED) is 0.769. The molecule has 0 saturated heterocycles. The summed E-state index contributed by atoms with van der Waals surface area (Å²) in [5.74, 6) is 0. The molecule has 1 aromatic carbocycles. The minimum absolute atomic E-state index is 1.23. The molecular weight excluding hydrogens is 210 g/mol. The van der Waals surface area contributed by atoms with Crippen LogP contribution in [0.1, 0.15) is 20.8 Å². The summed E-state index contributed by atoms with van der Waals surface area (Å²) in [6.45, 7) is 7.06. The van der Waals surface area contributed by atoms with Crippen LogP contribution in [0.5, 0.6) is 0 Å². The van der Waals surface area contributed by atoms with E-state index in [9.17, 15) is 0 Å². The molecule has 0 unspecified atom stereocenters. The number of aromatic nitrogens is 1. The van der Waals surface area contributed by atoms with Crippen molar-refractivity contribution in [3.05, 3.63) is 30.3 Å². The van der Waals surface area contributed by atoms with Crippen LogP contribution in [0.2, 0.25) is 18.1 Å². The molecule has 0 spiro atoms. The summed E-state index contributed by atoms with van der Waals surface area (Å²) < 4.78 is 0. The molecule has 1 nitrogen and oxygen atoms in total. The number of H-pyrrole nitrogens is 1. The zero-order valence-electron chi connectivity index (χ0n) is 10.5. The standard InChI is InChI=1S/C14H21NSi/c1-4-16(5-2,6-3)14-11-12-9-7-8-10-13(12)15-14/h7-11,15H,4-6H2,1-3H3. The van der Waals surface area contributed by atoms with E-state index >= 15 is 0 Å². The monoisotopic (exact) mass is 231 g/mol. The van der Waals surface area contributed by atoms with Gasteiger partial charge in [-0.25, -0.2) is 0 Å². The molecule has 0 fully saturated rings. The van der Waals surface area contributed by atoms with E-state index < -0.39 is 8.07 Å². The molecule has 2 aromatic rings. The van der Waals surface area contributed by atoms with Gasteiger partial charge in [0.1, 0.15) is 8.07 Å². The number of rotatable bonds is 4. The highest BCUT2D eigenvalue weighted by atomic mass is 28.3. The van der Waals surface area contributed by atoms with E-state index in [1.807, 2.05) is 0 Å². The van der Waals surface area contributed by atoms with Crippen LogP contribution in [-0.4, -0.2) is 13.1 Å². The van der Waals surface area contributed by atoms with Crippen LogP contribution >= 0.6 is 0 Å². The predicted octanol–water partition coefficient (Wildman–Crippen LogP) is 3.88. The lowest BCUT2D eigenvalue weighted by Gasteiger charge is -2.26. The molecule has 86 valence electrons. The van der Waals surface area contributed by atoms with Gasteiger partial charge in [0.15, 0.2) is 0 Å². The van der Waals surface area contributed by atoms with Crippen LogP contribution in [0.25, 0.3) is 10.9 Å². The minimum atomic E-state index is -1.23. The Bertz CT molecular complexity index is 427. The number of hydrogen-bond donors (Lipinski definition) is 1. The van der Waals surface area contributed by atoms with Gasteiger partial charge in [-0.1, -0.05) is 57.1 Å². The fourth-order valence-corrected chi connectivity index (χ4v) is 6.18. The highest BCUT2D eigenvalue weighted by Crippen LogP contribution is 2.22. The lowest BCUT2D eigenvalue weighted by Crippen LogP contribution is -2.46. The number of hydrogen-bond acceptors (Lipinski definition) is 0. The first-order valence-electron chi connectivity index (χ1n) is 6.34. The van der Waals surface area contributed by atoms with Gasteiger partial charge in [-0.05, 0) is 22.8 Å². The van der Waals surface area contributed by atoms with Gasteiger partial charge in [-0.3, -0.25) is 0 Å². The van der Waals surface area contributed by atoms with Gasteiger partial charge in [0.2, 0.25) is 0 Å². The van der Waals surface area contributed by atoms with Crippen LogP contribution in [-0.2, 0) is 0 Å². The van der Waals surface area contributed by atoms with Gasteiger partial charge in [-0.15, -0.1) is 0 Å². The third kappa shape index (κ3) is 1.71. The van der Waals surface area contributed by atoms with Crippen LogP contribution in [0.4, 0.5) is 0 Å². The van der Waals surface area contributed by atoms with E-state index in [0.717, 1.165) is 0 Å². The summed E-state index contributed by atoms with van der Waals surface area (Å²) in [6, 6.07) is 15.0. The second-order valence-electron chi connectivity index (χ2n) is 4.61. The summed E-state index contributed by atoms with van der Waals surface area (Å²) in [7, 11) is -1.23. The molecule has 0 atom stereocenters. The van der Waals surface area contributed by atoms with Crippen molar-refractivity contribution in [2.45, 2.75) is 38.9 Å². The zero-order chi connectivity index (χ0) is 11.6. The van der Waals surface area contributed by atoms with Gasteiger partial charge < -0.3 is 4.98 Å². The first kappa shape index (κ1) is 11.5. The fourth-order valence-electron chi connectivity index (χ4n) is 2.68. The summed E-state index contributed by atoms with van der Waals surface area (Å²) in [6.07, 6.45) is 0. The SMILES string of the molecule is CC[Si](CC)(CC)c1cc2ccccc2[nH]1. The molecule has 1 heterocycles. The number of para-hydroxylation sites is 1. The second kappa shape index (κ2) is 4.46.